The van der Waals surface area contributed by atoms with Crippen molar-refractivity contribution in [3.8, 4) is 5.75 Å². The van der Waals surface area contributed by atoms with Crippen LogP contribution < -0.4 is 4.74 Å². The molecular weight excluding hydrogens is 244 g/mol. The van der Waals surface area contributed by atoms with Gasteiger partial charge in [-0.2, -0.15) is 0 Å². The van der Waals surface area contributed by atoms with E-state index in [1.165, 1.54) is 7.11 Å². The molecule has 1 aromatic carbocycles. The fourth-order valence-electron chi connectivity index (χ4n) is 1.51. The SMILES string of the molecule is COC(=O)/C(C)=C/CCOCc1ccc(OC)cc1. The zero-order valence-corrected chi connectivity index (χ0v) is 11.6. The summed E-state index contributed by atoms with van der Waals surface area (Å²) in [6, 6.07) is 7.74. The first-order valence-corrected chi connectivity index (χ1v) is 6.13. The number of rotatable bonds is 7. The molecular formula is C15H20O4. The third kappa shape index (κ3) is 5.57. The summed E-state index contributed by atoms with van der Waals surface area (Å²) in [6.45, 7) is 2.85. The number of ether oxygens (including phenoxy) is 3. The van der Waals surface area contributed by atoms with Crippen LogP contribution in [0.1, 0.15) is 18.9 Å². The van der Waals surface area contributed by atoms with Gasteiger partial charge in [-0.25, -0.2) is 4.79 Å². The van der Waals surface area contributed by atoms with Crippen molar-refractivity contribution in [2.45, 2.75) is 20.0 Å². The minimum Gasteiger partial charge on any atom is -0.497 e. The summed E-state index contributed by atoms with van der Waals surface area (Å²) in [5.74, 6) is 0.538. The van der Waals surface area contributed by atoms with E-state index in [-0.39, 0.29) is 5.97 Å². The van der Waals surface area contributed by atoms with Crippen LogP contribution in [0.2, 0.25) is 0 Å². The Kier molecular flexibility index (Phi) is 6.68. The van der Waals surface area contributed by atoms with E-state index in [1.807, 2.05) is 30.3 Å². The van der Waals surface area contributed by atoms with Gasteiger partial charge in [0.2, 0.25) is 0 Å². The third-order valence-corrected chi connectivity index (χ3v) is 2.65. The molecule has 0 amide bonds. The largest absolute Gasteiger partial charge is 0.497 e. The van der Waals surface area contributed by atoms with E-state index >= 15 is 0 Å². The topological polar surface area (TPSA) is 44.8 Å². The van der Waals surface area contributed by atoms with E-state index in [2.05, 4.69) is 4.74 Å². The average molecular weight is 264 g/mol. The molecule has 0 aromatic heterocycles. The molecule has 0 spiro atoms. The second-order valence-corrected chi connectivity index (χ2v) is 4.07. The molecule has 0 heterocycles. The first-order chi connectivity index (χ1) is 9.17. The molecule has 0 aliphatic rings. The molecule has 0 radical (unpaired) electrons. The number of hydrogen-bond acceptors (Lipinski definition) is 4. The number of benzene rings is 1. The van der Waals surface area contributed by atoms with Gasteiger partial charge in [0, 0.05) is 5.57 Å². The summed E-state index contributed by atoms with van der Waals surface area (Å²) in [4.78, 5) is 11.1. The minimum absolute atomic E-state index is 0.296. The van der Waals surface area contributed by atoms with Gasteiger partial charge in [-0.15, -0.1) is 0 Å². The van der Waals surface area contributed by atoms with Crippen molar-refractivity contribution in [1.82, 2.24) is 0 Å². The summed E-state index contributed by atoms with van der Waals surface area (Å²) in [5.41, 5.74) is 1.70. The highest BCUT2D eigenvalue weighted by atomic mass is 16.5. The van der Waals surface area contributed by atoms with E-state index in [1.54, 1.807) is 14.0 Å². The Morgan fingerprint density at radius 3 is 2.47 bits per heavy atom. The maximum Gasteiger partial charge on any atom is 0.333 e. The maximum absolute atomic E-state index is 11.1. The number of hydrogen-bond donors (Lipinski definition) is 0. The van der Waals surface area contributed by atoms with Gasteiger partial charge in [0.15, 0.2) is 0 Å². The van der Waals surface area contributed by atoms with E-state index in [9.17, 15) is 4.79 Å². The molecule has 0 fully saturated rings. The minimum atomic E-state index is -0.296. The van der Waals surface area contributed by atoms with Crippen LogP contribution in [0.15, 0.2) is 35.9 Å². The fourth-order valence-corrected chi connectivity index (χ4v) is 1.51. The summed E-state index contributed by atoms with van der Waals surface area (Å²) >= 11 is 0. The second-order valence-electron chi connectivity index (χ2n) is 4.07. The van der Waals surface area contributed by atoms with Crippen molar-refractivity contribution in [2.24, 2.45) is 0 Å². The van der Waals surface area contributed by atoms with Crippen molar-refractivity contribution in [3.05, 3.63) is 41.5 Å². The first kappa shape index (κ1) is 15.2. The highest BCUT2D eigenvalue weighted by Crippen LogP contribution is 2.12. The number of carbonyl (C=O) groups excluding carboxylic acids is 1. The van der Waals surface area contributed by atoms with Gasteiger partial charge >= 0.3 is 5.97 Å². The maximum atomic E-state index is 11.1. The van der Waals surface area contributed by atoms with Crippen LogP contribution in [0.5, 0.6) is 5.75 Å². The zero-order chi connectivity index (χ0) is 14.1. The Morgan fingerprint density at radius 2 is 1.89 bits per heavy atom. The monoisotopic (exact) mass is 264 g/mol. The molecule has 0 saturated heterocycles. The standard InChI is InChI=1S/C15H20O4/c1-12(15(16)18-3)5-4-10-19-11-13-6-8-14(17-2)9-7-13/h5-9H,4,10-11H2,1-3H3/b12-5+. The molecule has 104 valence electrons. The molecule has 0 unspecified atom stereocenters. The van der Waals surface area contributed by atoms with Crippen LogP contribution in [-0.2, 0) is 20.9 Å². The van der Waals surface area contributed by atoms with Crippen molar-refractivity contribution in [1.29, 1.82) is 0 Å². The van der Waals surface area contributed by atoms with Gasteiger partial charge in [0.25, 0.3) is 0 Å². The predicted octanol–water partition coefficient (Wildman–Crippen LogP) is 2.72. The van der Waals surface area contributed by atoms with Gasteiger partial charge in [0.05, 0.1) is 27.4 Å². The Hall–Kier alpha value is -1.81. The number of carbonyl (C=O) groups is 1. The summed E-state index contributed by atoms with van der Waals surface area (Å²) in [5, 5.41) is 0. The van der Waals surface area contributed by atoms with Crippen LogP contribution in [0.4, 0.5) is 0 Å². The van der Waals surface area contributed by atoms with E-state index in [0.717, 1.165) is 11.3 Å². The van der Waals surface area contributed by atoms with Crippen molar-refractivity contribution in [2.75, 3.05) is 20.8 Å². The van der Waals surface area contributed by atoms with Crippen LogP contribution in [0, 0.1) is 0 Å². The normalized spacial score (nSPS) is 11.2. The predicted molar refractivity (Wildman–Crippen MR) is 73.0 cm³/mol. The molecule has 0 N–H and O–H groups in total. The van der Waals surface area contributed by atoms with Gasteiger partial charge in [-0.05, 0) is 31.0 Å². The van der Waals surface area contributed by atoms with Gasteiger partial charge in [-0.3, -0.25) is 0 Å². The lowest BCUT2D eigenvalue weighted by atomic mass is 10.2. The molecule has 19 heavy (non-hydrogen) atoms. The van der Waals surface area contributed by atoms with Gasteiger partial charge in [0.1, 0.15) is 5.75 Å². The molecule has 4 heteroatoms. The molecule has 1 aromatic rings. The molecule has 1 rings (SSSR count). The second kappa shape index (κ2) is 8.32. The van der Waals surface area contributed by atoms with Crippen molar-refractivity contribution in [3.63, 3.8) is 0 Å². The molecule has 0 aliphatic heterocycles. The van der Waals surface area contributed by atoms with Gasteiger partial charge < -0.3 is 14.2 Å². The third-order valence-electron chi connectivity index (χ3n) is 2.65. The lowest BCUT2D eigenvalue weighted by Crippen LogP contribution is -2.02. The van der Waals surface area contributed by atoms with E-state index < -0.39 is 0 Å². The van der Waals surface area contributed by atoms with Crippen LogP contribution in [-0.4, -0.2) is 26.8 Å². The molecule has 0 aliphatic carbocycles. The van der Waals surface area contributed by atoms with Crippen molar-refractivity contribution >= 4 is 5.97 Å². The lowest BCUT2D eigenvalue weighted by molar-refractivity contribution is -0.136. The Morgan fingerprint density at radius 1 is 1.21 bits per heavy atom. The van der Waals surface area contributed by atoms with Gasteiger partial charge in [-0.1, -0.05) is 18.2 Å². The van der Waals surface area contributed by atoms with E-state index in [0.29, 0.717) is 25.2 Å². The molecule has 0 atom stereocenters. The number of esters is 1. The fraction of sp³-hybridized carbons (Fsp3) is 0.400. The highest BCUT2D eigenvalue weighted by Gasteiger charge is 2.01. The summed E-state index contributed by atoms with van der Waals surface area (Å²) < 4.78 is 15.2. The quantitative estimate of drug-likeness (QED) is 0.431. The van der Waals surface area contributed by atoms with Crippen molar-refractivity contribution < 1.29 is 19.0 Å². The lowest BCUT2D eigenvalue weighted by Gasteiger charge is -2.04. The highest BCUT2D eigenvalue weighted by molar-refractivity contribution is 5.87. The van der Waals surface area contributed by atoms with Crippen LogP contribution in [0.3, 0.4) is 0 Å². The smallest absolute Gasteiger partial charge is 0.333 e. The molecule has 4 nitrogen and oxygen atoms in total. The average Bonchev–Trinajstić information content (AvgIpc) is 2.46. The molecule has 0 bridgehead atoms. The first-order valence-electron chi connectivity index (χ1n) is 6.13. The Balaban J connectivity index is 2.25. The summed E-state index contributed by atoms with van der Waals surface area (Å²) in [7, 11) is 3.02. The molecule has 0 saturated carbocycles. The Bertz CT molecular complexity index is 420. The van der Waals surface area contributed by atoms with Crippen LogP contribution in [0.25, 0.3) is 0 Å². The van der Waals surface area contributed by atoms with Crippen LogP contribution >= 0.6 is 0 Å². The summed E-state index contributed by atoms with van der Waals surface area (Å²) in [6.07, 6.45) is 2.51. The van der Waals surface area contributed by atoms with E-state index in [4.69, 9.17) is 9.47 Å². The zero-order valence-electron chi connectivity index (χ0n) is 11.6. The Labute approximate surface area is 114 Å². The number of methoxy groups -OCH3 is 2.